The average molecular weight is 270 g/mol. The average Bonchev–Trinajstić information content (AvgIpc) is 2.95. The molecule has 2 rings (SSSR count). The maximum atomic E-state index is 12.4. The molecule has 0 spiro atoms. The number of hydrogen-bond acceptors (Lipinski definition) is 3. The van der Waals surface area contributed by atoms with E-state index in [1.54, 1.807) is 0 Å². The molecule has 2 N–H and O–H groups in total. The molecule has 0 saturated carbocycles. The van der Waals surface area contributed by atoms with E-state index >= 15 is 0 Å². The fraction of sp³-hybridized carbons (Fsp3) is 0.846. The Morgan fingerprint density at radius 2 is 2.16 bits per heavy atom. The lowest BCUT2D eigenvalue weighted by Crippen LogP contribution is -2.59. The number of amides is 2. The number of ether oxygens (including phenoxy) is 1. The summed E-state index contributed by atoms with van der Waals surface area (Å²) in [4.78, 5) is 25.4. The van der Waals surface area contributed by atoms with Crippen LogP contribution in [-0.2, 0) is 9.53 Å². The van der Waals surface area contributed by atoms with Crippen molar-refractivity contribution in [3.63, 3.8) is 0 Å². The Balaban J connectivity index is 2.11. The Labute approximate surface area is 113 Å². The number of carbonyl (C=O) groups excluding carboxylic acids is 1. The van der Waals surface area contributed by atoms with E-state index in [1.165, 1.54) is 4.90 Å². The Hall–Kier alpha value is -1.30. The second-order valence-corrected chi connectivity index (χ2v) is 5.74. The summed E-state index contributed by atoms with van der Waals surface area (Å²) in [6, 6.07) is -0.283. The molecule has 2 unspecified atom stereocenters. The highest BCUT2D eigenvalue weighted by Crippen LogP contribution is 2.33. The molecular weight excluding hydrogens is 248 g/mol. The molecule has 2 aliphatic rings. The van der Waals surface area contributed by atoms with Crippen LogP contribution in [0, 0.1) is 0 Å². The smallest absolute Gasteiger partial charge is 0.329 e. The molecule has 0 bridgehead atoms. The molecular formula is C13H22N2O4. The molecule has 2 saturated heterocycles. The second-order valence-electron chi connectivity index (χ2n) is 5.74. The molecule has 0 aliphatic carbocycles. The summed E-state index contributed by atoms with van der Waals surface area (Å²) in [6.07, 6.45) is 2.46. The van der Waals surface area contributed by atoms with Crippen molar-refractivity contribution in [3.05, 3.63) is 0 Å². The normalized spacial score (nSPS) is 34.5. The van der Waals surface area contributed by atoms with Crippen LogP contribution in [-0.4, -0.2) is 52.8 Å². The van der Waals surface area contributed by atoms with Gasteiger partial charge in [0, 0.05) is 13.2 Å². The van der Waals surface area contributed by atoms with Crippen LogP contribution in [0.1, 0.15) is 39.5 Å². The largest absolute Gasteiger partial charge is 0.479 e. The third kappa shape index (κ3) is 2.41. The van der Waals surface area contributed by atoms with Gasteiger partial charge in [0.15, 0.2) is 0 Å². The van der Waals surface area contributed by atoms with E-state index in [4.69, 9.17) is 4.74 Å². The molecule has 19 heavy (non-hydrogen) atoms. The Kier molecular flexibility index (Phi) is 3.71. The Morgan fingerprint density at radius 1 is 1.42 bits per heavy atom. The van der Waals surface area contributed by atoms with Crippen LogP contribution < -0.4 is 5.32 Å². The van der Waals surface area contributed by atoms with Gasteiger partial charge in [0.1, 0.15) is 5.54 Å². The van der Waals surface area contributed by atoms with Crippen molar-refractivity contribution in [2.75, 3.05) is 19.8 Å². The summed E-state index contributed by atoms with van der Waals surface area (Å²) in [5.41, 5.74) is -1.42. The van der Waals surface area contributed by atoms with Gasteiger partial charge in [-0.2, -0.15) is 0 Å². The highest BCUT2D eigenvalue weighted by molar-refractivity contribution is 5.87. The van der Waals surface area contributed by atoms with Crippen molar-refractivity contribution in [1.82, 2.24) is 10.2 Å². The third-order valence-corrected chi connectivity index (χ3v) is 4.34. The van der Waals surface area contributed by atoms with Gasteiger partial charge in [-0.3, -0.25) is 0 Å². The third-order valence-electron chi connectivity index (χ3n) is 4.34. The lowest BCUT2D eigenvalue weighted by molar-refractivity contribution is -0.148. The first-order chi connectivity index (χ1) is 8.93. The SMILES string of the molecule is CCC1(C(=O)O)CCCN1C(=O)NC1(C)CCOC1. The lowest BCUT2D eigenvalue weighted by atomic mass is 9.93. The van der Waals surface area contributed by atoms with E-state index < -0.39 is 11.5 Å². The predicted molar refractivity (Wildman–Crippen MR) is 69.0 cm³/mol. The fourth-order valence-corrected chi connectivity index (χ4v) is 3.01. The molecule has 2 aliphatic heterocycles. The Morgan fingerprint density at radius 3 is 2.68 bits per heavy atom. The topological polar surface area (TPSA) is 78.9 Å². The zero-order valence-electron chi connectivity index (χ0n) is 11.6. The number of nitrogens with one attached hydrogen (secondary N) is 1. The molecule has 0 radical (unpaired) electrons. The number of aliphatic carboxylic acids is 1. The van der Waals surface area contributed by atoms with Crippen molar-refractivity contribution in [2.45, 2.75) is 50.6 Å². The summed E-state index contributed by atoms with van der Waals surface area (Å²) in [7, 11) is 0. The molecule has 0 aromatic rings. The number of rotatable bonds is 3. The van der Waals surface area contributed by atoms with Gasteiger partial charge in [0.05, 0.1) is 12.1 Å². The number of carbonyl (C=O) groups is 2. The van der Waals surface area contributed by atoms with Gasteiger partial charge in [0.25, 0.3) is 0 Å². The minimum absolute atomic E-state index is 0.283. The van der Waals surface area contributed by atoms with E-state index in [-0.39, 0.29) is 11.6 Å². The molecule has 2 heterocycles. The number of urea groups is 1. The molecule has 2 amide bonds. The molecule has 0 aromatic carbocycles. The minimum Gasteiger partial charge on any atom is -0.479 e. The van der Waals surface area contributed by atoms with Crippen molar-refractivity contribution >= 4 is 12.0 Å². The van der Waals surface area contributed by atoms with Crippen LogP contribution in [0.15, 0.2) is 0 Å². The summed E-state index contributed by atoms with van der Waals surface area (Å²) in [6.45, 7) is 5.37. The maximum Gasteiger partial charge on any atom is 0.329 e. The maximum absolute atomic E-state index is 12.4. The summed E-state index contributed by atoms with van der Waals surface area (Å²) in [5.74, 6) is -0.907. The first-order valence-corrected chi connectivity index (χ1v) is 6.84. The van der Waals surface area contributed by atoms with Crippen molar-refractivity contribution in [1.29, 1.82) is 0 Å². The van der Waals surface area contributed by atoms with E-state index in [1.807, 2.05) is 13.8 Å². The zero-order chi connectivity index (χ0) is 14.1. The van der Waals surface area contributed by atoms with Crippen molar-refractivity contribution in [3.8, 4) is 0 Å². The Bertz CT molecular complexity index is 379. The molecule has 6 heteroatoms. The first-order valence-electron chi connectivity index (χ1n) is 6.84. The van der Waals surface area contributed by atoms with Gasteiger partial charge in [-0.25, -0.2) is 9.59 Å². The fourth-order valence-electron chi connectivity index (χ4n) is 3.01. The van der Waals surface area contributed by atoms with Gasteiger partial charge < -0.3 is 20.1 Å². The number of likely N-dealkylation sites (tertiary alicyclic amines) is 1. The van der Waals surface area contributed by atoms with Crippen LogP contribution in [0.25, 0.3) is 0 Å². The van der Waals surface area contributed by atoms with E-state index in [0.29, 0.717) is 32.6 Å². The van der Waals surface area contributed by atoms with E-state index in [0.717, 1.165) is 12.8 Å². The zero-order valence-corrected chi connectivity index (χ0v) is 11.6. The van der Waals surface area contributed by atoms with Crippen LogP contribution in [0.3, 0.4) is 0 Å². The number of nitrogens with zero attached hydrogens (tertiary/aromatic N) is 1. The van der Waals surface area contributed by atoms with Crippen molar-refractivity contribution < 1.29 is 19.4 Å². The van der Waals surface area contributed by atoms with Gasteiger partial charge in [-0.15, -0.1) is 0 Å². The molecule has 2 fully saturated rings. The minimum atomic E-state index is -1.04. The van der Waals surface area contributed by atoms with E-state index in [9.17, 15) is 14.7 Å². The number of carboxylic acids is 1. The van der Waals surface area contributed by atoms with Gasteiger partial charge >= 0.3 is 12.0 Å². The molecule has 2 atom stereocenters. The van der Waals surface area contributed by atoms with Gasteiger partial charge in [0.2, 0.25) is 0 Å². The van der Waals surface area contributed by atoms with Crippen molar-refractivity contribution in [2.24, 2.45) is 0 Å². The molecule has 108 valence electrons. The number of carboxylic acid groups (broad SMARTS) is 1. The van der Waals surface area contributed by atoms with Crippen LogP contribution in [0.2, 0.25) is 0 Å². The summed E-state index contributed by atoms with van der Waals surface area (Å²) in [5, 5.41) is 12.4. The highest BCUT2D eigenvalue weighted by Gasteiger charge is 2.49. The predicted octanol–water partition coefficient (Wildman–Crippen LogP) is 1.20. The molecule has 6 nitrogen and oxygen atoms in total. The summed E-state index contributed by atoms with van der Waals surface area (Å²) < 4.78 is 5.30. The highest BCUT2D eigenvalue weighted by atomic mass is 16.5. The van der Waals surface area contributed by atoms with Crippen LogP contribution >= 0.6 is 0 Å². The van der Waals surface area contributed by atoms with Gasteiger partial charge in [-0.1, -0.05) is 6.92 Å². The monoisotopic (exact) mass is 270 g/mol. The van der Waals surface area contributed by atoms with E-state index in [2.05, 4.69) is 5.32 Å². The summed E-state index contributed by atoms with van der Waals surface area (Å²) >= 11 is 0. The van der Waals surface area contributed by atoms with Gasteiger partial charge in [-0.05, 0) is 32.6 Å². The molecule has 0 aromatic heterocycles. The van der Waals surface area contributed by atoms with Crippen LogP contribution in [0.4, 0.5) is 4.79 Å². The number of hydrogen-bond donors (Lipinski definition) is 2. The second kappa shape index (κ2) is 5.00. The standard InChI is InChI=1S/C13H22N2O4/c1-3-13(10(16)17)5-4-7-15(13)11(18)14-12(2)6-8-19-9-12/h3-9H2,1-2H3,(H,14,18)(H,16,17). The quantitative estimate of drug-likeness (QED) is 0.807. The van der Waals surface area contributed by atoms with Crippen LogP contribution in [0.5, 0.6) is 0 Å². The first kappa shape index (κ1) is 14.1. The lowest BCUT2D eigenvalue weighted by Gasteiger charge is -2.36.